The fourth-order valence-corrected chi connectivity index (χ4v) is 7.37. The number of hydrogen-bond acceptors (Lipinski definition) is 8. The summed E-state index contributed by atoms with van der Waals surface area (Å²) < 4.78 is 23.0. The van der Waals surface area contributed by atoms with Crippen molar-refractivity contribution in [3.05, 3.63) is 83.2 Å². The molecule has 0 unspecified atom stereocenters. The molecular weight excluding hydrogens is 600 g/mol. The quantitative estimate of drug-likeness (QED) is 0.155. The second kappa shape index (κ2) is 14.5. The minimum atomic E-state index is 0.532. The first-order valence-corrected chi connectivity index (χ1v) is 17.4. The summed E-state index contributed by atoms with van der Waals surface area (Å²) >= 11 is 0. The Kier molecular flexibility index (Phi) is 9.82. The Bertz CT molecular complexity index is 1710. The molecule has 3 heterocycles. The number of benzene rings is 2. The third-order valence-electron chi connectivity index (χ3n) is 10.6. The van der Waals surface area contributed by atoms with Crippen LogP contribution in [0.1, 0.15) is 72.6 Å². The molecule has 3 fully saturated rings. The first-order valence-electron chi connectivity index (χ1n) is 17.4. The molecule has 48 heavy (non-hydrogen) atoms. The highest BCUT2D eigenvalue weighted by molar-refractivity contribution is 5.68. The van der Waals surface area contributed by atoms with Crippen LogP contribution >= 0.6 is 0 Å². The molecule has 3 aliphatic rings. The van der Waals surface area contributed by atoms with Crippen molar-refractivity contribution in [1.82, 2.24) is 19.8 Å². The Morgan fingerprint density at radius 3 is 1.58 bits per heavy atom. The molecule has 0 radical (unpaired) electrons. The van der Waals surface area contributed by atoms with E-state index in [1.165, 1.54) is 60.8 Å². The van der Waals surface area contributed by atoms with E-state index in [9.17, 15) is 0 Å². The van der Waals surface area contributed by atoms with Crippen LogP contribution in [0.25, 0.3) is 22.5 Å². The van der Waals surface area contributed by atoms with Crippen molar-refractivity contribution in [2.45, 2.75) is 63.5 Å². The van der Waals surface area contributed by atoms with Crippen molar-refractivity contribution >= 4 is 0 Å². The van der Waals surface area contributed by atoms with Crippen LogP contribution in [0, 0.1) is 0 Å². The standard InChI is InChI=1S/C40H48N4O4/c1-45-37-22-31(20-33(39(37)47-3)29-7-5-8-29)35-12-11-28(24-42-35)26-44-17-15-43(16-18-44)25-27-13-14-41-36(19-27)32-21-34(30-9-6-10-30)40(48-4)38(23-32)46-2/h11-14,19-24,29-30H,5-10,15-18,25-26H2,1-4H3. The average molecular weight is 649 g/mol. The predicted molar refractivity (Wildman–Crippen MR) is 189 cm³/mol. The molecule has 8 nitrogen and oxygen atoms in total. The third-order valence-corrected chi connectivity index (χ3v) is 10.6. The Labute approximate surface area is 285 Å². The molecule has 1 saturated heterocycles. The van der Waals surface area contributed by atoms with Crippen molar-refractivity contribution < 1.29 is 18.9 Å². The van der Waals surface area contributed by atoms with Gasteiger partial charge in [-0.1, -0.05) is 18.9 Å². The second-order valence-electron chi connectivity index (χ2n) is 13.5. The van der Waals surface area contributed by atoms with Gasteiger partial charge in [0.25, 0.3) is 0 Å². The zero-order valence-corrected chi connectivity index (χ0v) is 28.8. The number of ether oxygens (including phenoxy) is 4. The van der Waals surface area contributed by atoms with Gasteiger partial charge in [0, 0.05) is 73.9 Å². The fraction of sp³-hybridized carbons (Fsp3) is 0.450. The fourth-order valence-electron chi connectivity index (χ4n) is 7.37. The van der Waals surface area contributed by atoms with Crippen LogP contribution in [0.15, 0.2) is 60.9 Å². The van der Waals surface area contributed by atoms with Crippen LogP contribution in [-0.2, 0) is 13.1 Å². The molecule has 7 rings (SSSR count). The van der Waals surface area contributed by atoms with Gasteiger partial charge in [-0.15, -0.1) is 0 Å². The minimum absolute atomic E-state index is 0.532. The van der Waals surface area contributed by atoms with E-state index in [-0.39, 0.29) is 0 Å². The number of hydrogen-bond donors (Lipinski definition) is 0. The van der Waals surface area contributed by atoms with Crippen LogP contribution in [0.4, 0.5) is 0 Å². The average Bonchev–Trinajstić information content (AvgIpc) is 3.07. The van der Waals surface area contributed by atoms with E-state index in [4.69, 9.17) is 28.9 Å². The Morgan fingerprint density at radius 1 is 0.583 bits per heavy atom. The minimum Gasteiger partial charge on any atom is -0.493 e. The van der Waals surface area contributed by atoms with Crippen LogP contribution in [0.3, 0.4) is 0 Å². The molecule has 0 bridgehead atoms. The largest absolute Gasteiger partial charge is 0.493 e. The van der Waals surface area contributed by atoms with Gasteiger partial charge in [0.1, 0.15) is 0 Å². The van der Waals surface area contributed by atoms with Gasteiger partial charge in [-0.25, -0.2) is 0 Å². The topological polar surface area (TPSA) is 69.2 Å². The van der Waals surface area contributed by atoms with Gasteiger partial charge in [-0.3, -0.25) is 19.8 Å². The Morgan fingerprint density at radius 2 is 1.12 bits per heavy atom. The molecule has 0 spiro atoms. The summed E-state index contributed by atoms with van der Waals surface area (Å²) in [7, 11) is 6.89. The number of nitrogens with zero attached hydrogens (tertiary/aromatic N) is 4. The van der Waals surface area contributed by atoms with Crippen LogP contribution in [0.5, 0.6) is 23.0 Å². The Hall–Kier alpha value is -4.14. The lowest BCUT2D eigenvalue weighted by Gasteiger charge is -2.34. The molecule has 0 N–H and O–H groups in total. The van der Waals surface area contributed by atoms with Crippen LogP contribution < -0.4 is 18.9 Å². The zero-order valence-electron chi connectivity index (χ0n) is 28.8. The summed E-state index contributed by atoms with van der Waals surface area (Å²) in [4.78, 5) is 14.7. The zero-order chi connectivity index (χ0) is 33.0. The molecule has 1 aliphatic heterocycles. The van der Waals surface area contributed by atoms with Gasteiger partial charge < -0.3 is 18.9 Å². The van der Waals surface area contributed by atoms with Crippen molar-refractivity contribution in [2.75, 3.05) is 54.6 Å². The molecule has 252 valence electrons. The van der Waals surface area contributed by atoms with Gasteiger partial charge in [0.05, 0.1) is 39.8 Å². The number of pyridine rings is 2. The monoisotopic (exact) mass is 648 g/mol. The summed E-state index contributed by atoms with van der Waals surface area (Å²) in [5.41, 5.74) is 9.12. The third kappa shape index (κ3) is 6.74. The molecule has 2 aromatic carbocycles. The molecule has 2 saturated carbocycles. The van der Waals surface area contributed by atoms with Crippen molar-refractivity contribution in [3.63, 3.8) is 0 Å². The Balaban J connectivity index is 0.969. The molecule has 8 heteroatoms. The molecule has 4 aromatic rings. The molecule has 0 atom stereocenters. The van der Waals surface area contributed by atoms with Gasteiger partial charge in [0.2, 0.25) is 0 Å². The number of aromatic nitrogens is 2. The highest BCUT2D eigenvalue weighted by Crippen LogP contribution is 2.47. The number of rotatable bonds is 12. The maximum atomic E-state index is 5.77. The van der Waals surface area contributed by atoms with Crippen molar-refractivity contribution in [3.8, 4) is 45.5 Å². The summed E-state index contributed by atoms with van der Waals surface area (Å²) in [5.74, 6) is 4.36. The number of methoxy groups -OCH3 is 4. The molecule has 0 amide bonds. The smallest absolute Gasteiger partial charge is 0.164 e. The second-order valence-corrected chi connectivity index (χ2v) is 13.5. The van der Waals surface area contributed by atoms with E-state index in [2.05, 4.69) is 52.3 Å². The highest BCUT2D eigenvalue weighted by atomic mass is 16.5. The molecule has 2 aliphatic carbocycles. The van der Waals surface area contributed by atoms with Gasteiger partial charge >= 0.3 is 0 Å². The highest BCUT2D eigenvalue weighted by Gasteiger charge is 2.27. The maximum Gasteiger partial charge on any atom is 0.164 e. The molecular formula is C40H48N4O4. The van der Waals surface area contributed by atoms with E-state index in [0.717, 1.165) is 84.8 Å². The number of piperazine rings is 1. The van der Waals surface area contributed by atoms with Crippen LogP contribution in [0.2, 0.25) is 0 Å². The van der Waals surface area contributed by atoms with Gasteiger partial charge in [-0.05, 0) is 91.1 Å². The van der Waals surface area contributed by atoms with Gasteiger partial charge in [0.15, 0.2) is 23.0 Å². The normalized spacial score (nSPS) is 17.4. The maximum absolute atomic E-state index is 5.77. The summed E-state index contributed by atoms with van der Waals surface area (Å²) in [6, 6.07) is 17.4. The van der Waals surface area contributed by atoms with E-state index >= 15 is 0 Å². The lowest BCUT2D eigenvalue weighted by atomic mass is 9.79. The molecule has 2 aromatic heterocycles. The van der Waals surface area contributed by atoms with Crippen LogP contribution in [-0.4, -0.2) is 74.4 Å². The lowest BCUT2D eigenvalue weighted by Crippen LogP contribution is -2.45. The summed E-state index contributed by atoms with van der Waals surface area (Å²) in [6.45, 7) is 5.93. The van der Waals surface area contributed by atoms with Crippen molar-refractivity contribution in [1.29, 1.82) is 0 Å². The van der Waals surface area contributed by atoms with Crippen molar-refractivity contribution in [2.24, 2.45) is 0 Å². The van der Waals surface area contributed by atoms with E-state index in [1.54, 1.807) is 28.4 Å². The predicted octanol–water partition coefficient (Wildman–Crippen LogP) is 7.70. The van der Waals surface area contributed by atoms with E-state index < -0.39 is 0 Å². The van der Waals surface area contributed by atoms with Gasteiger partial charge in [-0.2, -0.15) is 0 Å². The SMILES string of the molecule is COc1cc(-c2ccc(CN3CCN(Cc4ccnc(-c5cc(OC)c(OC)c(C6CCC6)c5)c4)CC3)cn2)cc(C2CCC2)c1OC. The first-order chi connectivity index (χ1) is 23.6. The first kappa shape index (κ1) is 32.4. The summed E-state index contributed by atoms with van der Waals surface area (Å²) in [5, 5.41) is 0. The van der Waals surface area contributed by atoms with E-state index in [1.807, 2.05) is 18.5 Å². The summed E-state index contributed by atoms with van der Waals surface area (Å²) in [6.07, 6.45) is 11.3. The van der Waals surface area contributed by atoms with E-state index in [0.29, 0.717) is 11.8 Å². The lowest BCUT2D eigenvalue weighted by molar-refractivity contribution is 0.122.